The molecule has 1 aromatic carbocycles. The van der Waals surface area contributed by atoms with Crippen molar-refractivity contribution in [3.8, 4) is 5.75 Å². The van der Waals surface area contributed by atoms with Crippen LogP contribution in [0.3, 0.4) is 0 Å². The first-order valence-electron chi connectivity index (χ1n) is 6.93. The number of benzene rings is 1. The predicted molar refractivity (Wildman–Crippen MR) is 80.5 cm³/mol. The fourth-order valence-corrected chi connectivity index (χ4v) is 2.88. The Balaban J connectivity index is 2.18. The first-order chi connectivity index (χ1) is 9.11. The molecule has 0 aliphatic heterocycles. The SMILES string of the molecule is CNC(C)c1cc(Br)ccc1OC1CCCCC1O. The highest BCUT2D eigenvalue weighted by atomic mass is 79.9. The van der Waals surface area contributed by atoms with Gasteiger partial charge in [-0.2, -0.15) is 0 Å². The van der Waals surface area contributed by atoms with E-state index in [1.807, 2.05) is 19.2 Å². The third-order valence-electron chi connectivity index (χ3n) is 3.82. The highest BCUT2D eigenvalue weighted by Gasteiger charge is 2.25. The third-order valence-corrected chi connectivity index (χ3v) is 4.31. The van der Waals surface area contributed by atoms with Gasteiger partial charge in [-0.15, -0.1) is 0 Å². The molecule has 1 aromatic rings. The second-order valence-corrected chi connectivity index (χ2v) is 6.12. The molecule has 3 nitrogen and oxygen atoms in total. The number of rotatable bonds is 4. The molecule has 0 spiro atoms. The molecule has 0 aromatic heterocycles. The van der Waals surface area contributed by atoms with Gasteiger partial charge in [0, 0.05) is 16.1 Å². The second kappa shape index (κ2) is 6.73. The summed E-state index contributed by atoms with van der Waals surface area (Å²) >= 11 is 3.50. The number of hydrogen-bond donors (Lipinski definition) is 2. The van der Waals surface area contributed by atoms with Crippen molar-refractivity contribution in [3.05, 3.63) is 28.2 Å². The average Bonchev–Trinajstić information content (AvgIpc) is 2.42. The largest absolute Gasteiger partial charge is 0.487 e. The lowest BCUT2D eigenvalue weighted by molar-refractivity contribution is 0.00619. The minimum atomic E-state index is -0.338. The van der Waals surface area contributed by atoms with E-state index in [4.69, 9.17) is 4.74 Å². The Labute approximate surface area is 123 Å². The van der Waals surface area contributed by atoms with Gasteiger partial charge in [-0.1, -0.05) is 22.4 Å². The third kappa shape index (κ3) is 3.71. The lowest BCUT2D eigenvalue weighted by Crippen LogP contribution is -2.35. The van der Waals surface area contributed by atoms with Gasteiger partial charge < -0.3 is 15.2 Å². The summed E-state index contributed by atoms with van der Waals surface area (Å²) in [6, 6.07) is 6.25. The van der Waals surface area contributed by atoms with Crippen molar-refractivity contribution < 1.29 is 9.84 Å². The van der Waals surface area contributed by atoms with Gasteiger partial charge in [-0.3, -0.25) is 0 Å². The van der Waals surface area contributed by atoms with Crippen LogP contribution in [0.4, 0.5) is 0 Å². The van der Waals surface area contributed by atoms with Crippen molar-refractivity contribution in [3.63, 3.8) is 0 Å². The number of nitrogens with one attached hydrogen (secondary N) is 1. The summed E-state index contributed by atoms with van der Waals surface area (Å²) in [5.74, 6) is 0.871. The molecule has 1 aliphatic rings. The van der Waals surface area contributed by atoms with Gasteiger partial charge in [0.2, 0.25) is 0 Å². The highest BCUT2D eigenvalue weighted by molar-refractivity contribution is 9.10. The van der Waals surface area contributed by atoms with Crippen molar-refractivity contribution in [2.24, 2.45) is 0 Å². The first-order valence-corrected chi connectivity index (χ1v) is 7.72. The quantitative estimate of drug-likeness (QED) is 0.890. The number of aliphatic hydroxyl groups is 1. The van der Waals surface area contributed by atoms with Gasteiger partial charge >= 0.3 is 0 Å². The Kier molecular flexibility index (Phi) is 5.25. The normalized spacial score (nSPS) is 25.1. The maximum atomic E-state index is 10.0. The summed E-state index contributed by atoms with van der Waals surface area (Å²) in [5, 5.41) is 13.3. The maximum Gasteiger partial charge on any atom is 0.124 e. The van der Waals surface area contributed by atoms with Crippen LogP contribution in [0.15, 0.2) is 22.7 Å². The van der Waals surface area contributed by atoms with Crippen molar-refractivity contribution >= 4 is 15.9 Å². The summed E-state index contributed by atoms with van der Waals surface area (Å²) in [4.78, 5) is 0. The molecule has 1 fully saturated rings. The van der Waals surface area contributed by atoms with Crippen LogP contribution in [0.5, 0.6) is 5.75 Å². The van der Waals surface area contributed by atoms with E-state index >= 15 is 0 Å². The molecule has 1 aliphatic carbocycles. The van der Waals surface area contributed by atoms with E-state index in [1.54, 1.807) is 0 Å². The molecule has 4 heteroatoms. The van der Waals surface area contributed by atoms with E-state index in [1.165, 1.54) is 0 Å². The van der Waals surface area contributed by atoms with Crippen molar-refractivity contribution in [2.75, 3.05) is 7.05 Å². The fraction of sp³-hybridized carbons (Fsp3) is 0.600. The number of hydrogen-bond acceptors (Lipinski definition) is 3. The van der Waals surface area contributed by atoms with Crippen LogP contribution in [-0.4, -0.2) is 24.4 Å². The Morgan fingerprint density at radius 1 is 1.37 bits per heavy atom. The number of aliphatic hydroxyl groups excluding tert-OH is 1. The van der Waals surface area contributed by atoms with E-state index in [-0.39, 0.29) is 18.2 Å². The van der Waals surface area contributed by atoms with Crippen LogP contribution in [0, 0.1) is 0 Å². The Morgan fingerprint density at radius 3 is 2.79 bits per heavy atom. The molecule has 0 bridgehead atoms. The summed E-state index contributed by atoms with van der Waals surface area (Å²) in [5.41, 5.74) is 1.12. The molecule has 3 atom stereocenters. The van der Waals surface area contributed by atoms with Gasteiger partial charge in [0.1, 0.15) is 11.9 Å². The molecule has 3 unspecified atom stereocenters. The topological polar surface area (TPSA) is 41.5 Å². The maximum absolute atomic E-state index is 10.0. The van der Waals surface area contributed by atoms with Gasteiger partial charge in [0.15, 0.2) is 0 Å². The highest BCUT2D eigenvalue weighted by Crippen LogP contribution is 2.31. The van der Waals surface area contributed by atoms with E-state index in [2.05, 4.69) is 34.2 Å². The van der Waals surface area contributed by atoms with E-state index < -0.39 is 0 Å². The van der Waals surface area contributed by atoms with Gasteiger partial charge in [-0.25, -0.2) is 0 Å². The molecule has 106 valence electrons. The van der Waals surface area contributed by atoms with Crippen LogP contribution in [0.2, 0.25) is 0 Å². The summed E-state index contributed by atoms with van der Waals surface area (Å²) < 4.78 is 7.11. The van der Waals surface area contributed by atoms with Crippen LogP contribution >= 0.6 is 15.9 Å². The Bertz CT molecular complexity index is 425. The monoisotopic (exact) mass is 327 g/mol. The molecule has 0 radical (unpaired) electrons. The van der Waals surface area contributed by atoms with Crippen molar-refractivity contribution in [2.45, 2.75) is 50.9 Å². The smallest absolute Gasteiger partial charge is 0.124 e. The zero-order valence-corrected chi connectivity index (χ0v) is 13.1. The fourth-order valence-electron chi connectivity index (χ4n) is 2.50. The van der Waals surface area contributed by atoms with E-state index in [9.17, 15) is 5.11 Å². The minimum absolute atomic E-state index is 0.0715. The van der Waals surface area contributed by atoms with Crippen molar-refractivity contribution in [1.82, 2.24) is 5.32 Å². The molecule has 0 saturated heterocycles. The zero-order valence-electron chi connectivity index (χ0n) is 11.5. The van der Waals surface area contributed by atoms with E-state index in [0.717, 1.165) is 41.5 Å². The summed E-state index contributed by atoms with van der Waals surface area (Å²) in [6.07, 6.45) is 3.60. The molecule has 0 amide bonds. The molecule has 19 heavy (non-hydrogen) atoms. The molecule has 1 saturated carbocycles. The Hall–Kier alpha value is -0.580. The lowest BCUT2D eigenvalue weighted by atomic mass is 9.94. The minimum Gasteiger partial charge on any atom is -0.487 e. The average molecular weight is 328 g/mol. The van der Waals surface area contributed by atoms with Gasteiger partial charge in [0.05, 0.1) is 6.10 Å². The standard InChI is InChI=1S/C15H22BrNO2/c1-10(17-2)12-9-11(16)7-8-14(12)19-15-6-4-3-5-13(15)18/h7-10,13,15,17-18H,3-6H2,1-2H3. The second-order valence-electron chi connectivity index (χ2n) is 5.20. The van der Waals surface area contributed by atoms with Crippen LogP contribution in [0.25, 0.3) is 0 Å². The number of halogens is 1. The van der Waals surface area contributed by atoms with E-state index in [0.29, 0.717) is 0 Å². The molecular weight excluding hydrogens is 306 g/mol. The lowest BCUT2D eigenvalue weighted by Gasteiger charge is -2.29. The first kappa shape index (κ1) is 14.8. The van der Waals surface area contributed by atoms with Gasteiger partial charge in [0.25, 0.3) is 0 Å². The van der Waals surface area contributed by atoms with Crippen LogP contribution in [0.1, 0.15) is 44.2 Å². The van der Waals surface area contributed by atoms with Crippen LogP contribution < -0.4 is 10.1 Å². The molecule has 0 heterocycles. The molecular formula is C15H22BrNO2. The molecule has 2 N–H and O–H groups in total. The zero-order chi connectivity index (χ0) is 13.8. The van der Waals surface area contributed by atoms with Crippen LogP contribution in [-0.2, 0) is 0 Å². The summed E-state index contributed by atoms with van der Waals surface area (Å²) in [7, 11) is 1.94. The molecule has 2 rings (SSSR count). The number of ether oxygens (including phenoxy) is 1. The summed E-state index contributed by atoms with van der Waals surface area (Å²) in [6.45, 7) is 2.10. The predicted octanol–water partition coefficient (Wildman–Crippen LogP) is 3.41. The van der Waals surface area contributed by atoms with Gasteiger partial charge in [-0.05, 0) is 51.4 Å². The Morgan fingerprint density at radius 2 is 2.11 bits per heavy atom. The van der Waals surface area contributed by atoms with Crippen molar-refractivity contribution in [1.29, 1.82) is 0 Å².